The fourth-order valence-electron chi connectivity index (χ4n) is 2.39. The molecular formula is C18H12Cl3N3O3. The second kappa shape index (κ2) is 7.60. The number of hydrogen-bond donors (Lipinski definition) is 2. The minimum Gasteiger partial charge on any atom is -0.505 e. The molecule has 0 fully saturated rings. The highest BCUT2D eigenvalue weighted by molar-refractivity contribution is 6.42. The van der Waals surface area contributed by atoms with Crippen LogP contribution in [0.1, 0.15) is 16.1 Å². The van der Waals surface area contributed by atoms with E-state index in [0.29, 0.717) is 10.7 Å². The molecule has 0 aliphatic heterocycles. The van der Waals surface area contributed by atoms with Crippen LogP contribution in [0, 0.1) is 6.92 Å². The summed E-state index contributed by atoms with van der Waals surface area (Å²) in [5, 5.41) is 17.0. The van der Waals surface area contributed by atoms with E-state index in [4.69, 9.17) is 34.8 Å². The number of aryl methyl sites for hydroxylation is 1. The maximum atomic E-state index is 12.6. The van der Waals surface area contributed by atoms with Crippen LogP contribution in [-0.2, 0) is 0 Å². The van der Waals surface area contributed by atoms with Gasteiger partial charge in [0.2, 0.25) is 0 Å². The molecule has 9 heteroatoms. The molecule has 0 aliphatic carbocycles. The first-order valence-corrected chi connectivity index (χ1v) is 8.76. The van der Waals surface area contributed by atoms with Crippen LogP contribution in [0.5, 0.6) is 5.75 Å². The molecule has 1 aromatic heterocycles. The first-order chi connectivity index (χ1) is 12.8. The lowest BCUT2D eigenvalue weighted by Gasteiger charge is -2.12. The first kappa shape index (κ1) is 19.2. The van der Waals surface area contributed by atoms with Crippen molar-refractivity contribution in [3.05, 3.63) is 79.1 Å². The highest BCUT2D eigenvalue weighted by Gasteiger charge is 2.19. The van der Waals surface area contributed by atoms with Gasteiger partial charge in [-0.1, -0.05) is 46.9 Å². The zero-order chi connectivity index (χ0) is 19.7. The van der Waals surface area contributed by atoms with E-state index in [9.17, 15) is 14.7 Å². The summed E-state index contributed by atoms with van der Waals surface area (Å²) in [5.74, 6) is -1.36. The van der Waals surface area contributed by atoms with Crippen molar-refractivity contribution >= 4 is 46.4 Å². The Morgan fingerprint density at radius 1 is 1.11 bits per heavy atom. The summed E-state index contributed by atoms with van der Waals surface area (Å²) in [6.07, 6.45) is 0. The molecule has 1 heterocycles. The summed E-state index contributed by atoms with van der Waals surface area (Å²) in [4.78, 5) is 24.8. The lowest BCUT2D eigenvalue weighted by Crippen LogP contribution is -2.25. The summed E-state index contributed by atoms with van der Waals surface area (Å²) in [6, 6.07) is 10.7. The molecule has 2 N–H and O–H groups in total. The Bertz CT molecular complexity index is 1090. The van der Waals surface area contributed by atoms with Gasteiger partial charge in [0.1, 0.15) is 0 Å². The normalized spacial score (nSPS) is 10.7. The van der Waals surface area contributed by atoms with Gasteiger partial charge in [0.05, 0.1) is 21.4 Å². The lowest BCUT2D eigenvalue weighted by molar-refractivity contribution is 0.101. The van der Waals surface area contributed by atoms with Crippen molar-refractivity contribution in [3.63, 3.8) is 0 Å². The van der Waals surface area contributed by atoms with Crippen molar-refractivity contribution in [1.82, 2.24) is 9.78 Å². The second-order valence-corrected chi connectivity index (χ2v) is 6.92. The number of anilines is 1. The minimum absolute atomic E-state index is 0.113. The number of carbonyl (C=O) groups is 1. The van der Waals surface area contributed by atoms with Crippen molar-refractivity contribution < 1.29 is 9.90 Å². The summed E-state index contributed by atoms with van der Waals surface area (Å²) < 4.78 is 1.02. The van der Waals surface area contributed by atoms with Crippen LogP contribution in [0.2, 0.25) is 15.1 Å². The van der Waals surface area contributed by atoms with Gasteiger partial charge >= 0.3 is 0 Å². The van der Waals surface area contributed by atoms with Crippen molar-refractivity contribution in [3.8, 4) is 11.4 Å². The number of nitrogens with zero attached hydrogens (tertiary/aromatic N) is 2. The van der Waals surface area contributed by atoms with E-state index in [0.717, 1.165) is 16.3 Å². The molecule has 0 saturated carbocycles. The van der Waals surface area contributed by atoms with Crippen molar-refractivity contribution in [1.29, 1.82) is 0 Å². The molecular weight excluding hydrogens is 413 g/mol. The van der Waals surface area contributed by atoms with E-state index in [1.54, 1.807) is 18.2 Å². The molecule has 1 amide bonds. The maximum Gasteiger partial charge on any atom is 0.280 e. The van der Waals surface area contributed by atoms with E-state index in [1.807, 2.05) is 13.0 Å². The third kappa shape index (κ3) is 4.08. The second-order valence-electron chi connectivity index (χ2n) is 5.67. The average molecular weight is 425 g/mol. The van der Waals surface area contributed by atoms with E-state index < -0.39 is 17.2 Å². The average Bonchev–Trinajstić information content (AvgIpc) is 2.58. The number of nitrogens with one attached hydrogen (secondary N) is 1. The van der Waals surface area contributed by atoms with Crippen LogP contribution in [0.3, 0.4) is 0 Å². The van der Waals surface area contributed by atoms with E-state index in [2.05, 4.69) is 10.4 Å². The standard InChI is InChI=1S/C18H12Cl3N3O3/c1-9-3-2-4-11(5-9)24-15(26)8-14(25)17(23-24)18(27)22-16-12(20)6-10(19)7-13(16)21/h2-8,25H,1H3,(H,22,27). The Labute approximate surface area is 168 Å². The van der Waals surface area contributed by atoms with Gasteiger partial charge in [-0.3, -0.25) is 9.59 Å². The van der Waals surface area contributed by atoms with Gasteiger partial charge in [-0.05, 0) is 36.8 Å². The van der Waals surface area contributed by atoms with Crippen molar-refractivity contribution in [2.45, 2.75) is 6.92 Å². The molecule has 3 aromatic rings. The molecule has 6 nitrogen and oxygen atoms in total. The monoisotopic (exact) mass is 423 g/mol. The molecule has 0 atom stereocenters. The van der Waals surface area contributed by atoms with Crippen LogP contribution in [0.4, 0.5) is 5.69 Å². The molecule has 138 valence electrons. The predicted octanol–water partition coefficient (Wildman–Crippen LogP) is 4.46. The number of aromatic nitrogens is 2. The Hall–Kier alpha value is -2.54. The Morgan fingerprint density at radius 2 is 1.78 bits per heavy atom. The summed E-state index contributed by atoms with van der Waals surface area (Å²) in [7, 11) is 0. The molecule has 0 spiro atoms. The van der Waals surface area contributed by atoms with Crippen LogP contribution < -0.4 is 10.9 Å². The lowest BCUT2D eigenvalue weighted by atomic mass is 10.2. The van der Waals surface area contributed by atoms with Crippen LogP contribution in [0.15, 0.2) is 47.3 Å². The number of hydrogen-bond acceptors (Lipinski definition) is 4. The SMILES string of the molecule is Cc1cccc(-n2nc(C(=O)Nc3c(Cl)cc(Cl)cc3Cl)c(O)cc2=O)c1. The van der Waals surface area contributed by atoms with E-state index in [1.165, 1.54) is 12.1 Å². The van der Waals surface area contributed by atoms with Crippen molar-refractivity contribution in [2.75, 3.05) is 5.32 Å². The molecule has 27 heavy (non-hydrogen) atoms. The summed E-state index contributed by atoms with van der Waals surface area (Å²) >= 11 is 18.0. The number of rotatable bonds is 3. The number of aromatic hydroxyl groups is 1. The molecule has 0 unspecified atom stereocenters. The largest absolute Gasteiger partial charge is 0.505 e. The number of halogens is 3. The Kier molecular flexibility index (Phi) is 5.41. The Balaban J connectivity index is 2.03. The van der Waals surface area contributed by atoms with Gasteiger partial charge in [0.25, 0.3) is 11.5 Å². The fraction of sp³-hybridized carbons (Fsp3) is 0.0556. The van der Waals surface area contributed by atoms with Crippen LogP contribution in [0.25, 0.3) is 5.69 Å². The molecule has 2 aromatic carbocycles. The molecule has 0 radical (unpaired) electrons. The molecule has 0 bridgehead atoms. The summed E-state index contributed by atoms with van der Waals surface area (Å²) in [6.45, 7) is 1.85. The van der Waals surface area contributed by atoms with Gasteiger partial charge in [0.15, 0.2) is 11.4 Å². The number of amides is 1. The molecule has 3 rings (SSSR count). The first-order valence-electron chi connectivity index (χ1n) is 7.62. The maximum absolute atomic E-state index is 12.6. The van der Waals surface area contributed by atoms with Gasteiger partial charge in [-0.2, -0.15) is 9.78 Å². The van der Waals surface area contributed by atoms with Gasteiger partial charge in [-0.25, -0.2) is 0 Å². The van der Waals surface area contributed by atoms with Crippen LogP contribution in [-0.4, -0.2) is 20.8 Å². The summed E-state index contributed by atoms with van der Waals surface area (Å²) in [5.41, 5.74) is 0.522. The van der Waals surface area contributed by atoms with Gasteiger partial charge in [0, 0.05) is 11.1 Å². The molecule has 0 aliphatic rings. The van der Waals surface area contributed by atoms with Crippen LogP contribution >= 0.6 is 34.8 Å². The number of benzene rings is 2. The smallest absolute Gasteiger partial charge is 0.280 e. The minimum atomic E-state index is -0.792. The van der Waals surface area contributed by atoms with E-state index in [-0.39, 0.29) is 21.4 Å². The zero-order valence-electron chi connectivity index (χ0n) is 13.8. The topological polar surface area (TPSA) is 84.2 Å². The predicted molar refractivity (Wildman–Crippen MR) is 106 cm³/mol. The Morgan fingerprint density at radius 3 is 2.41 bits per heavy atom. The van der Waals surface area contributed by atoms with Gasteiger partial charge in [-0.15, -0.1) is 0 Å². The quantitative estimate of drug-likeness (QED) is 0.650. The van der Waals surface area contributed by atoms with Crippen molar-refractivity contribution in [2.24, 2.45) is 0 Å². The number of carbonyl (C=O) groups excluding carboxylic acids is 1. The highest BCUT2D eigenvalue weighted by atomic mass is 35.5. The van der Waals surface area contributed by atoms with Gasteiger partial charge < -0.3 is 10.4 Å². The van der Waals surface area contributed by atoms with E-state index >= 15 is 0 Å². The third-order valence-electron chi connectivity index (χ3n) is 3.62. The third-order valence-corrected chi connectivity index (χ3v) is 4.43. The zero-order valence-corrected chi connectivity index (χ0v) is 16.1. The molecule has 0 saturated heterocycles. The highest BCUT2D eigenvalue weighted by Crippen LogP contribution is 2.34. The fourth-order valence-corrected chi connectivity index (χ4v) is 3.30.